The molecular weight excluding hydrogens is 300 g/mol. The summed E-state index contributed by atoms with van der Waals surface area (Å²) in [5.74, 6) is -0.0674. The standard InChI is InChI=1S/C16H24N2O3S/c1-5-17-10-12(2)18(13(3)11-17)22(20,21)16-8-6-15(7-9-16)14(4)19/h6-9,12-13H,5,10-11H2,1-4H3/t12-,13+. The lowest BCUT2D eigenvalue weighted by Crippen LogP contribution is -2.58. The largest absolute Gasteiger partial charge is 0.300 e. The normalized spacial score (nSPS) is 24.4. The molecule has 0 saturated carbocycles. The Bertz CT molecular complexity index is 628. The summed E-state index contributed by atoms with van der Waals surface area (Å²) < 4.78 is 27.4. The molecule has 1 heterocycles. The van der Waals surface area contributed by atoms with Gasteiger partial charge in [-0.15, -0.1) is 0 Å². The van der Waals surface area contributed by atoms with E-state index in [1.54, 1.807) is 16.4 Å². The van der Waals surface area contributed by atoms with Crippen molar-refractivity contribution in [3.63, 3.8) is 0 Å². The minimum Gasteiger partial charge on any atom is -0.300 e. The SMILES string of the molecule is CCN1C[C@@H](C)N(S(=O)(=O)c2ccc(C(C)=O)cc2)[C@@H](C)C1. The fourth-order valence-electron chi connectivity index (χ4n) is 3.13. The fraction of sp³-hybridized carbons (Fsp3) is 0.562. The van der Waals surface area contributed by atoms with Crippen molar-refractivity contribution in [2.75, 3.05) is 19.6 Å². The first-order chi connectivity index (χ1) is 10.3. The van der Waals surface area contributed by atoms with Crippen LogP contribution in [0, 0.1) is 0 Å². The van der Waals surface area contributed by atoms with Gasteiger partial charge in [0, 0.05) is 30.7 Å². The third kappa shape index (κ3) is 3.24. The first-order valence-corrected chi connectivity index (χ1v) is 9.08. The van der Waals surface area contributed by atoms with Crippen molar-refractivity contribution in [3.05, 3.63) is 29.8 Å². The van der Waals surface area contributed by atoms with E-state index in [0.29, 0.717) is 5.56 Å². The zero-order chi connectivity index (χ0) is 16.5. The predicted molar refractivity (Wildman–Crippen MR) is 86.5 cm³/mol. The van der Waals surface area contributed by atoms with Crippen molar-refractivity contribution in [3.8, 4) is 0 Å². The third-order valence-electron chi connectivity index (χ3n) is 4.20. The molecule has 6 heteroatoms. The summed E-state index contributed by atoms with van der Waals surface area (Å²) in [5, 5.41) is 0. The van der Waals surface area contributed by atoms with Crippen LogP contribution in [0.1, 0.15) is 38.1 Å². The molecule has 2 atom stereocenters. The van der Waals surface area contributed by atoms with Crippen LogP contribution in [0.4, 0.5) is 0 Å². The first kappa shape index (κ1) is 17.1. The molecule has 1 aromatic rings. The van der Waals surface area contributed by atoms with Gasteiger partial charge in [-0.05, 0) is 39.4 Å². The highest BCUT2D eigenvalue weighted by molar-refractivity contribution is 7.89. The number of benzene rings is 1. The maximum absolute atomic E-state index is 12.9. The van der Waals surface area contributed by atoms with Crippen LogP contribution in [0.15, 0.2) is 29.2 Å². The molecule has 5 nitrogen and oxygen atoms in total. The minimum atomic E-state index is -3.54. The number of carbonyl (C=O) groups excluding carboxylic acids is 1. The summed E-state index contributed by atoms with van der Waals surface area (Å²) >= 11 is 0. The number of ketones is 1. The van der Waals surface area contributed by atoms with Gasteiger partial charge in [0.15, 0.2) is 5.78 Å². The van der Waals surface area contributed by atoms with Crippen molar-refractivity contribution >= 4 is 15.8 Å². The molecule has 1 fully saturated rings. The number of nitrogens with zero attached hydrogens (tertiary/aromatic N) is 2. The molecule has 0 aromatic heterocycles. The lowest BCUT2D eigenvalue weighted by molar-refractivity contribution is 0.101. The molecule has 1 aliphatic rings. The van der Waals surface area contributed by atoms with E-state index in [4.69, 9.17) is 0 Å². The molecular formula is C16H24N2O3S. The number of likely N-dealkylation sites (N-methyl/N-ethyl adjacent to an activating group) is 1. The Morgan fingerprint density at radius 1 is 1.14 bits per heavy atom. The molecule has 2 rings (SSSR count). The average molecular weight is 324 g/mol. The highest BCUT2D eigenvalue weighted by Gasteiger charge is 2.37. The van der Waals surface area contributed by atoms with Gasteiger partial charge in [-0.2, -0.15) is 4.31 Å². The lowest BCUT2D eigenvalue weighted by atomic mass is 10.1. The van der Waals surface area contributed by atoms with Crippen LogP contribution in [0.3, 0.4) is 0 Å². The molecule has 1 saturated heterocycles. The number of rotatable bonds is 4. The van der Waals surface area contributed by atoms with E-state index < -0.39 is 10.0 Å². The number of hydrogen-bond donors (Lipinski definition) is 0. The highest BCUT2D eigenvalue weighted by atomic mass is 32.2. The van der Waals surface area contributed by atoms with Crippen molar-refractivity contribution in [1.29, 1.82) is 0 Å². The maximum atomic E-state index is 12.9. The molecule has 22 heavy (non-hydrogen) atoms. The van der Waals surface area contributed by atoms with Crippen molar-refractivity contribution in [1.82, 2.24) is 9.21 Å². The second-order valence-corrected chi connectivity index (χ2v) is 7.81. The summed E-state index contributed by atoms with van der Waals surface area (Å²) in [6.07, 6.45) is 0. The van der Waals surface area contributed by atoms with Crippen molar-refractivity contribution in [2.24, 2.45) is 0 Å². The van der Waals surface area contributed by atoms with Gasteiger partial charge < -0.3 is 4.90 Å². The number of sulfonamides is 1. The van der Waals surface area contributed by atoms with Crippen molar-refractivity contribution < 1.29 is 13.2 Å². The minimum absolute atomic E-state index is 0.0674. The first-order valence-electron chi connectivity index (χ1n) is 7.64. The molecule has 1 aromatic carbocycles. The Hall–Kier alpha value is -1.24. The van der Waals surface area contributed by atoms with Crippen LogP contribution < -0.4 is 0 Å². The molecule has 0 unspecified atom stereocenters. The van der Waals surface area contributed by atoms with Gasteiger partial charge >= 0.3 is 0 Å². The molecule has 0 amide bonds. The van der Waals surface area contributed by atoms with Gasteiger partial charge in [-0.25, -0.2) is 8.42 Å². The summed E-state index contributed by atoms with van der Waals surface area (Å²) in [4.78, 5) is 13.8. The molecule has 0 radical (unpaired) electrons. The van der Waals surface area contributed by atoms with E-state index in [2.05, 4.69) is 11.8 Å². The number of piperazine rings is 1. The highest BCUT2D eigenvalue weighted by Crippen LogP contribution is 2.25. The zero-order valence-electron chi connectivity index (χ0n) is 13.6. The Balaban J connectivity index is 2.31. The predicted octanol–water partition coefficient (Wildman–Crippen LogP) is 1.99. The van der Waals surface area contributed by atoms with Gasteiger partial charge in [0.25, 0.3) is 0 Å². The van der Waals surface area contributed by atoms with E-state index in [1.807, 2.05) is 13.8 Å². The van der Waals surface area contributed by atoms with Crippen LogP contribution >= 0.6 is 0 Å². The molecule has 122 valence electrons. The van der Waals surface area contributed by atoms with Crippen LogP contribution in [-0.4, -0.2) is 55.1 Å². The fourth-order valence-corrected chi connectivity index (χ4v) is 4.94. The monoisotopic (exact) mass is 324 g/mol. The second-order valence-electron chi connectivity index (χ2n) is 5.97. The summed E-state index contributed by atoms with van der Waals surface area (Å²) in [6.45, 7) is 9.86. The molecule has 0 spiro atoms. The smallest absolute Gasteiger partial charge is 0.243 e. The maximum Gasteiger partial charge on any atom is 0.243 e. The number of carbonyl (C=O) groups is 1. The van der Waals surface area contributed by atoms with Crippen LogP contribution in [0.5, 0.6) is 0 Å². The molecule has 0 N–H and O–H groups in total. The van der Waals surface area contributed by atoms with E-state index in [9.17, 15) is 13.2 Å². The second kappa shape index (κ2) is 6.48. The zero-order valence-corrected chi connectivity index (χ0v) is 14.4. The van der Waals surface area contributed by atoms with Gasteiger partial charge in [0.1, 0.15) is 0 Å². The Morgan fingerprint density at radius 3 is 2.05 bits per heavy atom. The van der Waals surface area contributed by atoms with E-state index in [-0.39, 0.29) is 22.8 Å². The Kier molecular flexibility index (Phi) is 5.04. The third-order valence-corrected chi connectivity index (χ3v) is 6.34. The Labute approximate surface area is 133 Å². The number of Topliss-reactive ketones (excluding diaryl/α,β-unsaturated/α-hetero) is 1. The van der Waals surface area contributed by atoms with Gasteiger partial charge in [0.05, 0.1) is 4.90 Å². The van der Waals surface area contributed by atoms with Gasteiger partial charge in [-0.1, -0.05) is 19.1 Å². The quantitative estimate of drug-likeness (QED) is 0.795. The van der Waals surface area contributed by atoms with E-state index in [0.717, 1.165) is 19.6 Å². The van der Waals surface area contributed by atoms with E-state index in [1.165, 1.54) is 19.1 Å². The average Bonchev–Trinajstić information content (AvgIpc) is 2.46. The summed E-state index contributed by atoms with van der Waals surface area (Å²) in [7, 11) is -3.54. The molecule has 0 aliphatic carbocycles. The summed E-state index contributed by atoms with van der Waals surface area (Å²) in [5.41, 5.74) is 0.524. The Morgan fingerprint density at radius 2 is 1.64 bits per heavy atom. The topological polar surface area (TPSA) is 57.7 Å². The summed E-state index contributed by atoms with van der Waals surface area (Å²) in [6, 6.07) is 6.07. The van der Waals surface area contributed by atoms with Crippen molar-refractivity contribution in [2.45, 2.75) is 44.7 Å². The molecule has 0 bridgehead atoms. The lowest BCUT2D eigenvalue weighted by Gasteiger charge is -2.43. The van der Waals surface area contributed by atoms with Crippen LogP contribution in [0.2, 0.25) is 0 Å². The number of hydrogen-bond acceptors (Lipinski definition) is 4. The van der Waals surface area contributed by atoms with Crippen LogP contribution in [-0.2, 0) is 10.0 Å². The van der Waals surface area contributed by atoms with Gasteiger partial charge in [0.2, 0.25) is 10.0 Å². The molecule has 1 aliphatic heterocycles. The van der Waals surface area contributed by atoms with Gasteiger partial charge in [-0.3, -0.25) is 4.79 Å². The van der Waals surface area contributed by atoms with Crippen LogP contribution in [0.25, 0.3) is 0 Å². The van der Waals surface area contributed by atoms with E-state index >= 15 is 0 Å².